The number of aryl methyl sites for hydroxylation is 1. The molecule has 0 bridgehead atoms. The van der Waals surface area contributed by atoms with Crippen molar-refractivity contribution in [3.8, 4) is 11.3 Å². The number of hydrogen-bond donors (Lipinski definition) is 2. The number of nitrogens with zero attached hydrogens (tertiary/aromatic N) is 1. The Kier molecular flexibility index (Phi) is 6.71. The first-order valence-corrected chi connectivity index (χ1v) is 12.1. The minimum atomic E-state index is -0.781. The number of ether oxygens (including phenoxy) is 2. The minimum Gasteiger partial charge on any atom is -0.481 e. The quantitative estimate of drug-likeness (QED) is 0.494. The Labute approximate surface area is 200 Å². The number of aromatic nitrogens is 1. The van der Waals surface area contributed by atoms with Gasteiger partial charge in [0.1, 0.15) is 17.5 Å². The maximum atomic E-state index is 12.4. The van der Waals surface area contributed by atoms with Crippen molar-refractivity contribution in [1.29, 1.82) is 0 Å². The molecule has 1 aliphatic heterocycles. The number of benzene rings is 1. The Morgan fingerprint density at radius 3 is 2.53 bits per heavy atom. The van der Waals surface area contributed by atoms with Crippen LogP contribution in [0.3, 0.4) is 0 Å². The molecule has 1 aromatic carbocycles. The Morgan fingerprint density at radius 1 is 1.26 bits per heavy atom. The summed E-state index contributed by atoms with van der Waals surface area (Å²) in [7, 11) is 0. The molecule has 2 fully saturated rings. The Bertz CT molecular complexity index is 1030. The Morgan fingerprint density at radius 2 is 1.97 bits per heavy atom. The zero-order chi connectivity index (χ0) is 24.5. The summed E-state index contributed by atoms with van der Waals surface area (Å²) in [6.45, 7) is 8.18. The maximum Gasteiger partial charge on any atom is 0.412 e. The van der Waals surface area contributed by atoms with Gasteiger partial charge in [-0.05, 0) is 64.4 Å². The molecule has 8 nitrogen and oxygen atoms in total. The lowest BCUT2D eigenvalue weighted by Gasteiger charge is -2.44. The van der Waals surface area contributed by atoms with E-state index in [1.165, 1.54) is 0 Å². The minimum absolute atomic E-state index is 0.110. The molecule has 2 aliphatic rings. The van der Waals surface area contributed by atoms with Gasteiger partial charge >= 0.3 is 12.1 Å². The average molecular weight is 471 g/mol. The number of aliphatic carboxylic acids is 1. The summed E-state index contributed by atoms with van der Waals surface area (Å²) in [5.74, 6) is 0.147. The molecule has 8 heteroatoms. The van der Waals surface area contributed by atoms with E-state index in [4.69, 9.17) is 14.0 Å². The fourth-order valence-corrected chi connectivity index (χ4v) is 4.70. The van der Waals surface area contributed by atoms with Crippen LogP contribution in [0.2, 0.25) is 0 Å². The first-order chi connectivity index (χ1) is 16.1. The van der Waals surface area contributed by atoms with E-state index in [0.29, 0.717) is 29.7 Å². The summed E-state index contributed by atoms with van der Waals surface area (Å²) >= 11 is 0. The predicted octanol–water partition coefficient (Wildman–Crippen LogP) is 5.89. The summed E-state index contributed by atoms with van der Waals surface area (Å²) in [4.78, 5) is 23.7. The number of carbonyl (C=O) groups is 2. The molecule has 1 saturated carbocycles. The van der Waals surface area contributed by atoms with Crippen molar-refractivity contribution in [1.82, 2.24) is 5.16 Å². The van der Waals surface area contributed by atoms with Crippen LogP contribution in [0.25, 0.3) is 11.3 Å². The van der Waals surface area contributed by atoms with Gasteiger partial charge in [-0.25, -0.2) is 4.79 Å². The van der Waals surface area contributed by atoms with Crippen LogP contribution in [0.1, 0.15) is 70.6 Å². The van der Waals surface area contributed by atoms with Crippen LogP contribution in [0, 0.1) is 18.3 Å². The molecule has 3 unspecified atom stereocenters. The molecule has 1 aromatic heterocycles. The van der Waals surface area contributed by atoms with Crippen LogP contribution in [0.15, 0.2) is 28.8 Å². The second-order valence-electron chi connectivity index (χ2n) is 10.1. The highest BCUT2D eigenvalue weighted by Gasteiger charge is 2.42. The maximum absolute atomic E-state index is 12.4. The van der Waals surface area contributed by atoms with Gasteiger partial charge < -0.3 is 19.1 Å². The molecule has 1 aliphatic carbocycles. The Balaban J connectivity index is 1.46. The zero-order valence-corrected chi connectivity index (χ0v) is 20.3. The van der Waals surface area contributed by atoms with Crippen LogP contribution >= 0.6 is 0 Å². The SMILES string of the molecule is CCC1(CC(=O)O)CCC(C)(c2ccc(-c3onc(C)c3NC(=O)OC(C)C3CC3)cc2)OC1. The van der Waals surface area contributed by atoms with Gasteiger partial charge in [0.25, 0.3) is 0 Å². The molecular formula is C26H34N2O6. The first-order valence-electron chi connectivity index (χ1n) is 12.1. The lowest BCUT2D eigenvalue weighted by molar-refractivity contribution is -0.155. The van der Waals surface area contributed by atoms with Gasteiger partial charge in [-0.15, -0.1) is 0 Å². The van der Waals surface area contributed by atoms with E-state index in [1.807, 2.05) is 45.0 Å². The fraction of sp³-hybridized carbons (Fsp3) is 0.577. The van der Waals surface area contributed by atoms with Crippen LogP contribution in [0.4, 0.5) is 10.5 Å². The topological polar surface area (TPSA) is 111 Å². The van der Waals surface area contributed by atoms with E-state index in [1.54, 1.807) is 6.92 Å². The number of carbonyl (C=O) groups excluding carboxylic acids is 1. The summed E-state index contributed by atoms with van der Waals surface area (Å²) in [6.07, 6.45) is 4.02. The lowest BCUT2D eigenvalue weighted by Crippen LogP contribution is -2.42. The molecule has 1 saturated heterocycles. The molecule has 0 radical (unpaired) electrons. The lowest BCUT2D eigenvalue weighted by atomic mass is 9.72. The molecule has 1 amide bonds. The van der Waals surface area contributed by atoms with Gasteiger partial charge in [-0.1, -0.05) is 36.3 Å². The summed E-state index contributed by atoms with van der Waals surface area (Å²) in [6, 6.07) is 7.82. The standard InChI is InChI=1S/C26H34N2O6/c1-5-26(14-21(29)30)13-12-25(4,32-15-26)20-10-8-19(9-11-20)23-22(16(2)28-34-23)27-24(31)33-17(3)18-6-7-18/h8-11,17-18H,5-7,12-15H2,1-4H3,(H,27,31)(H,29,30). The predicted molar refractivity (Wildman–Crippen MR) is 126 cm³/mol. The molecule has 3 atom stereocenters. The van der Waals surface area contributed by atoms with Gasteiger partial charge in [0.15, 0.2) is 5.76 Å². The normalized spacial score (nSPS) is 25.5. The summed E-state index contributed by atoms with van der Waals surface area (Å²) < 4.78 is 17.3. The van der Waals surface area contributed by atoms with Crippen LogP contribution < -0.4 is 5.32 Å². The van der Waals surface area contributed by atoms with Crippen molar-refractivity contribution in [3.05, 3.63) is 35.5 Å². The smallest absolute Gasteiger partial charge is 0.412 e. The van der Waals surface area contributed by atoms with Gasteiger partial charge in [0, 0.05) is 11.0 Å². The zero-order valence-electron chi connectivity index (χ0n) is 20.3. The average Bonchev–Trinajstić information content (AvgIpc) is 3.60. The van der Waals surface area contributed by atoms with Gasteiger partial charge in [-0.3, -0.25) is 10.1 Å². The largest absolute Gasteiger partial charge is 0.481 e. The molecule has 2 aromatic rings. The van der Waals surface area contributed by atoms with Crippen molar-refractivity contribution in [2.75, 3.05) is 11.9 Å². The third kappa shape index (κ3) is 5.12. The number of rotatable bonds is 8. The summed E-state index contributed by atoms with van der Waals surface area (Å²) in [5, 5.41) is 16.1. The number of hydrogen-bond acceptors (Lipinski definition) is 6. The van der Waals surface area contributed by atoms with Gasteiger partial charge in [0.05, 0.1) is 18.6 Å². The van der Waals surface area contributed by atoms with Crippen LogP contribution in [-0.4, -0.2) is 35.0 Å². The van der Waals surface area contributed by atoms with Crippen molar-refractivity contribution >= 4 is 17.7 Å². The molecule has 2 N–H and O–H groups in total. The Hall–Kier alpha value is -2.87. The molecule has 4 rings (SSSR count). The number of amides is 1. The van der Waals surface area contributed by atoms with E-state index < -0.39 is 17.7 Å². The van der Waals surface area contributed by atoms with E-state index in [9.17, 15) is 14.7 Å². The number of carboxylic acids is 1. The molecule has 2 heterocycles. The van der Waals surface area contributed by atoms with Gasteiger partial charge in [0.2, 0.25) is 0 Å². The number of carboxylic acid groups (broad SMARTS) is 1. The molecule has 184 valence electrons. The monoisotopic (exact) mass is 470 g/mol. The van der Waals surface area contributed by atoms with Crippen molar-refractivity contribution in [2.45, 2.75) is 77.9 Å². The van der Waals surface area contributed by atoms with Crippen molar-refractivity contribution < 1.29 is 28.7 Å². The third-order valence-corrected chi connectivity index (χ3v) is 7.53. The fourth-order valence-electron chi connectivity index (χ4n) is 4.70. The second kappa shape index (κ2) is 9.41. The number of anilines is 1. The van der Waals surface area contributed by atoms with Crippen molar-refractivity contribution in [3.63, 3.8) is 0 Å². The van der Waals surface area contributed by atoms with E-state index in [2.05, 4.69) is 10.5 Å². The van der Waals surface area contributed by atoms with Crippen LogP contribution in [-0.2, 0) is 19.9 Å². The molecule has 34 heavy (non-hydrogen) atoms. The molecular weight excluding hydrogens is 436 g/mol. The van der Waals surface area contributed by atoms with E-state index in [-0.39, 0.29) is 17.9 Å². The van der Waals surface area contributed by atoms with Gasteiger partial charge in [-0.2, -0.15) is 0 Å². The highest BCUT2D eigenvalue weighted by molar-refractivity contribution is 5.90. The highest BCUT2D eigenvalue weighted by Crippen LogP contribution is 2.46. The van der Waals surface area contributed by atoms with E-state index >= 15 is 0 Å². The second-order valence-corrected chi connectivity index (χ2v) is 10.1. The van der Waals surface area contributed by atoms with E-state index in [0.717, 1.165) is 43.2 Å². The molecule has 0 spiro atoms. The number of nitrogens with one attached hydrogen (secondary N) is 1. The summed E-state index contributed by atoms with van der Waals surface area (Å²) in [5.41, 5.74) is 2.07. The third-order valence-electron chi connectivity index (χ3n) is 7.53. The van der Waals surface area contributed by atoms with Crippen molar-refractivity contribution in [2.24, 2.45) is 11.3 Å². The highest BCUT2D eigenvalue weighted by atomic mass is 16.6. The van der Waals surface area contributed by atoms with Crippen LogP contribution in [0.5, 0.6) is 0 Å². The first kappa shape index (κ1) is 24.3.